The number of rotatable bonds is 3. The fourth-order valence-corrected chi connectivity index (χ4v) is 3.61. The van der Waals surface area contributed by atoms with Gasteiger partial charge in [0.1, 0.15) is 5.57 Å². The van der Waals surface area contributed by atoms with Gasteiger partial charge in [-0.3, -0.25) is 19.7 Å². The summed E-state index contributed by atoms with van der Waals surface area (Å²) < 4.78 is 0.662. The van der Waals surface area contributed by atoms with E-state index in [4.69, 9.17) is 0 Å². The van der Waals surface area contributed by atoms with E-state index in [0.29, 0.717) is 21.6 Å². The Labute approximate surface area is 180 Å². The van der Waals surface area contributed by atoms with Gasteiger partial charge >= 0.3 is 6.03 Å². The van der Waals surface area contributed by atoms with E-state index in [1.807, 2.05) is 6.07 Å². The van der Waals surface area contributed by atoms with Crippen molar-refractivity contribution in [2.45, 2.75) is 6.92 Å². The van der Waals surface area contributed by atoms with E-state index in [-0.39, 0.29) is 5.57 Å². The first-order valence-corrected chi connectivity index (χ1v) is 9.77. The summed E-state index contributed by atoms with van der Waals surface area (Å²) >= 11 is 3.29. The van der Waals surface area contributed by atoms with Crippen LogP contribution >= 0.6 is 15.9 Å². The van der Waals surface area contributed by atoms with Gasteiger partial charge in [-0.15, -0.1) is 0 Å². The number of hydrogen-bond acceptors (Lipinski definition) is 5. The molecule has 0 aliphatic carbocycles. The Morgan fingerprint density at radius 3 is 2.40 bits per heavy atom. The number of benzene rings is 2. The molecule has 2 heterocycles. The van der Waals surface area contributed by atoms with Crippen LogP contribution in [0.4, 0.5) is 16.2 Å². The van der Waals surface area contributed by atoms with Gasteiger partial charge < -0.3 is 0 Å². The number of hydrogen-bond donors (Lipinski definition) is 1. The maximum absolute atomic E-state index is 13.0. The van der Waals surface area contributed by atoms with E-state index in [1.165, 1.54) is 11.1 Å². The number of nitrogens with one attached hydrogen (secondary N) is 1. The Hall–Kier alpha value is -3.59. The predicted octanol–water partition coefficient (Wildman–Crippen LogP) is 3.00. The molecular formula is C21H15BrN4O4. The van der Waals surface area contributed by atoms with Gasteiger partial charge in [-0.25, -0.2) is 9.69 Å². The lowest BCUT2D eigenvalue weighted by molar-refractivity contribution is -0.122. The molecule has 2 aliphatic heterocycles. The van der Waals surface area contributed by atoms with E-state index in [9.17, 15) is 19.2 Å². The van der Waals surface area contributed by atoms with E-state index in [0.717, 1.165) is 4.90 Å². The van der Waals surface area contributed by atoms with Crippen molar-refractivity contribution in [1.29, 1.82) is 0 Å². The number of imide groups is 2. The zero-order chi connectivity index (χ0) is 21.4. The van der Waals surface area contributed by atoms with Crippen LogP contribution in [0.15, 0.2) is 75.8 Å². The van der Waals surface area contributed by atoms with Crippen LogP contribution in [-0.4, -0.2) is 29.5 Å². The smallest absolute Gasteiger partial charge is 0.273 e. The summed E-state index contributed by atoms with van der Waals surface area (Å²) in [6.07, 6.45) is 1.26. The molecule has 0 saturated carbocycles. The van der Waals surface area contributed by atoms with Crippen molar-refractivity contribution in [1.82, 2.24) is 5.32 Å². The standard InChI is InChI=1S/C21H15BrN4O4/c1-12-16(20(29)26(24-12)14-7-3-2-4-8-14)11-17-18(27)23-21(30)25(19(17)28)15-9-5-6-13(22)10-15/h2-11,16H,1H3,(H,23,27,30)/b17-11+/t16-/m1/s1. The van der Waals surface area contributed by atoms with Gasteiger partial charge in [0.15, 0.2) is 0 Å². The molecule has 150 valence electrons. The first-order chi connectivity index (χ1) is 14.4. The fourth-order valence-electron chi connectivity index (χ4n) is 3.22. The SMILES string of the molecule is CC1=NN(c2ccccc2)C(=O)[C@@H]1/C=C1\C(=O)NC(=O)N(c2cccc(Br)c2)C1=O. The van der Waals surface area contributed by atoms with Gasteiger partial charge in [0.05, 0.1) is 23.0 Å². The molecule has 2 aromatic carbocycles. The van der Waals surface area contributed by atoms with Crippen LogP contribution in [0.2, 0.25) is 0 Å². The summed E-state index contributed by atoms with van der Waals surface area (Å²) in [4.78, 5) is 51.5. The third kappa shape index (κ3) is 3.43. The molecule has 2 aromatic rings. The number of nitrogens with zero attached hydrogens (tertiary/aromatic N) is 3. The molecule has 1 N–H and O–H groups in total. The van der Waals surface area contributed by atoms with E-state index in [1.54, 1.807) is 55.5 Å². The summed E-state index contributed by atoms with van der Waals surface area (Å²) in [7, 11) is 0. The number of carbonyl (C=O) groups excluding carboxylic acids is 4. The highest BCUT2D eigenvalue weighted by Crippen LogP contribution is 2.28. The lowest BCUT2D eigenvalue weighted by Crippen LogP contribution is -2.54. The number of hydrazone groups is 1. The highest BCUT2D eigenvalue weighted by molar-refractivity contribution is 9.10. The van der Waals surface area contributed by atoms with Crippen LogP contribution in [0, 0.1) is 5.92 Å². The molecule has 0 radical (unpaired) electrons. The summed E-state index contributed by atoms with van der Waals surface area (Å²) in [6.45, 7) is 1.64. The maximum atomic E-state index is 13.0. The average Bonchev–Trinajstić information content (AvgIpc) is 2.99. The number of carbonyl (C=O) groups is 4. The Morgan fingerprint density at radius 1 is 1.00 bits per heavy atom. The second-order valence-corrected chi connectivity index (χ2v) is 7.58. The number of amides is 5. The Kier molecular flexibility index (Phi) is 5.04. The molecule has 0 unspecified atom stereocenters. The fraction of sp³-hybridized carbons (Fsp3) is 0.0952. The van der Waals surface area contributed by atoms with Gasteiger partial charge in [0, 0.05) is 4.47 Å². The number of anilines is 2. The molecule has 5 amide bonds. The second kappa shape index (κ2) is 7.68. The lowest BCUT2D eigenvalue weighted by Gasteiger charge is -2.26. The summed E-state index contributed by atoms with van der Waals surface area (Å²) in [5, 5.41) is 7.66. The van der Waals surface area contributed by atoms with Crippen LogP contribution in [0.5, 0.6) is 0 Å². The highest BCUT2D eigenvalue weighted by Gasteiger charge is 2.40. The zero-order valence-electron chi connectivity index (χ0n) is 15.7. The monoisotopic (exact) mass is 466 g/mol. The normalized spacial score (nSPS) is 20.7. The molecule has 0 bridgehead atoms. The number of para-hydroxylation sites is 1. The molecule has 1 saturated heterocycles. The van der Waals surface area contributed by atoms with Crippen molar-refractivity contribution in [2.75, 3.05) is 9.91 Å². The predicted molar refractivity (Wildman–Crippen MR) is 114 cm³/mol. The Bertz CT molecular complexity index is 1140. The zero-order valence-corrected chi connectivity index (χ0v) is 17.3. The topological polar surface area (TPSA) is 99.2 Å². The number of barbiturate groups is 1. The van der Waals surface area contributed by atoms with Crippen LogP contribution < -0.4 is 15.2 Å². The second-order valence-electron chi connectivity index (χ2n) is 6.66. The van der Waals surface area contributed by atoms with E-state index in [2.05, 4.69) is 26.3 Å². The molecule has 9 heteroatoms. The van der Waals surface area contributed by atoms with Crippen LogP contribution in [0.1, 0.15) is 6.92 Å². The first kappa shape index (κ1) is 19.7. The van der Waals surface area contributed by atoms with Crippen LogP contribution in [0.25, 0.3) is 0 Å². The van der Waals surface area contributed by atoms with Crippen molar-refractivity contribution < 1.29 is 19.2 Å². The third-order valence-electron chi connectivity index (χ3n) is 4.68. The number of halogens is 1. The van der Waals surface area contributed by atoms with Gasteiger partial charge in [-0.2, -0.15) is 10.1 Å². The Morgan fingerprint density at radius 2 is 1.70 bits per heavy atom. The molecule has 1 fully saturated rings. The molecule has 8 nitrogen and oxygen atoms in total. The molecule has 0 spiro atoms. The van der Waals surface area contributed by atoms with Gasteiger partial charge in [0.2, 0.25) is 0 Å². The van der Waals surface area contributed by atoms with Crippen LogP contribution in [-0.2, 0) is 14.4 Å². The highest BCUT2D eigenvalue weighted by atomic mass is 79.9. The summed E-state index contributed by atoms with van der Waals surface area (Å²) in [5.41, 5.74) is 1.01. The van der Waals surface area contributed by atoms with Gasteiger partial charge in [-0.1, -0.05) is 40.2 Å². The summed E-state index contributed by atoms with van der Waals surface area (Å²) in [6, 6.07) is 14.5. The molecule has 2 aliphatic rings. The van der Waals surface area contributed by atoms with Crippen molar-refractivity contribution in [3.63, 3.8) is 0 Å². The minimum atomic E-state index is -0.896. The number of urea groups is 1. The van der Waals surface area contributed by atoms with E-state index < -0.39 is 29.7 Å². The minimum Gasteiger partial charge on any atom is -0.273 e. The van der Waals surface area contributed by atoms with Gasteiger partial charge in [0.25, 0.3) is 17.7 Å². The van der Waals surface area contributed by atoms with Crippen molar-refractivity contribution in [3.05, 3.63) is 70.7 Å². The molecule has 0 aromatic heterocycles. The maximum Gasteiger partial charge on any atom is 0.335 e. The molecule has 1 atom stereocenters. The molecule has 4 rings (SSSR count). The molecule has 30 heavy (non-hydrogen) atoms. The van der Waals surface area contributed by atoms with E-state index >= 15 is 0 Å². The first-order valence-electron chi connectivity index (χ1n) is 8.98. The van der Waals surface area contributed by atoms with Gasteiger partial charge in [-0.05, 0) is 43.3 Å². The average molecular weight is 467 g/mol. The lowest BCUT2D eigenvalue weighted by atomic mass is 9.98. The minimum absolute atomic E-state index is 0.291. The van der Waals surface area contributed by atoms with Crippen molar-refractivity contribution in [2.24, 2.45) is 11.0 Å². The van der Waals surface area contributed by atoms with Crippen molar-refractivity contribution in [3.8, 4) is 0 Å². The quantitative estimate of drug-likeness (QED) is 0.554. The largest absolute Gasteiger partial charge is 0.335 e. The van der Waals surface area contributed by atoms with Crippen molar-refractivity contribution >= 4 is 56.8 Å². The Balaban J connectivity index is 1.68. The molecular weight excluding hydrogens is 452 g/mol. The van der Waals surface area contributed by atoms with Crippen LogP contribution in [0.3, 0.4) is 0 Å². The summed E-state index contributed by atoms with van der Waals surface area (Å²) in [5.74, 6) is -2.94. The third-order valence-corrected chi connectivity index (χ3v) is 5.18.